The summed E-state index contributed by atoms with van der Waals surface area (Å²) in [7, 11) is 0. The maximum absolute atomic E-state index is 3.88. The first-order valence-electron chi connectivity index (χ1n) is 7.71. The van der Waals surface area contributed by atoms with Gasteiger partial charge < -0.3 is 5.32 Å². The maximum atomic E-state index is 3.88. The zero-order chi connectivity index (χ0) is 13.0. The van der Waals surface area contributed by atoms with Crippen LogP contribution in [0, 0.1) is 0 Å². The molecule has 2 unspecified atom stereocenters. The van der Waals surface area contributed by atoms with Crippen molar-refractivity contribution in [3.63, 3.8) is 0 Å². The van der Waals surface area contributed by atoms with Crippen LogP contribution in [0.2, 0.25) is 0 Å². The summed E-state index contributed by atoms with van der Waals surface area (Å²) in [6, 6.07) is 0.769. The number of thioether (sulfide) groups is 1. The van der Waals surface area contributed by atoms with E-state index in [0.29, 0.717) is 5.54 Å². The van der Waals surface area contributed by atoms with Gasteiger partial charge in [0.15, 0.2) is 0 Å². The predicted molar refractivity (Wildman–Crippen MR) is 82.4 cm³/mol. The summed E-state index contributed by atoms with van der Waals surface area (Å²) in [6.45, 7) is 8.50. The number of hydrogen-bond donors (Lipinski definition) is 1. The molecule has 0 radical (unpaired) electrons. The number of rotatable bonds is 5. The summed E-state index contributed by atoms with van der Waals surface area (Å²) in [5.74, 6) is 0. The highest BCUT2D eigenvalue weighted by molar-refractivity contribution is 7.99. The van der Waals surface area contributed by atoms with Crippen molar-refractivity contribution in [2.24, 2.45) is 0 Å². The standard InChI is InChI=1S/C15H30N2S/c1-4-14-11-16-15(8-5-6-9-15)12-17(14)10-7-13(2)18-3/h13-14,16H,4-12H2,1-3H3. The SMILES string of the molecule is CCC1CNC2(CCCC2)CN1CCC(C)SC. The van der Waals surface area contributed by atoms with Crippen molar-refractivity contribution in [2.45, 2.75) is 69.2 Å². The van der Waals surface area contributed by atoms with Crippen molar-refractivity contribution in [1.29, 1.82) is 0 Å². The lowest BCUT2D eigenvalue weighted by Crippen LogP contribution is -2.63. The van der Waals surface area contributed by atoms with Crippen LogP contribution >= 0.6 is 11.8 Å². The van der Waals surface area contributed by atoms with E-state index in [9.17, 15) is 0 Å². The summed E-state index contributed by atoms with van der Waals surface area (Å²) in [5.41, 5.74) is 0.480. The van der Waals surface area contributed by atoms with Gasteiger partial charge in [0.2, 0.25) is 0 Å². The fourth-order valence-corrected chi connectivity index (χ4v) is 3.89. The van der Waals surface area contributed by atoms with Crippen molar-refractivity contribution in [3.05, 3.63) is 0 Å². The van der Waals surface area contributed by atoms with E-state index in [1.165, 1.54) is 58.2 Å². The largest absolute Gasteiger partial charge is 0.308 e. The van der Waals surface area contributed by atoms with Crippen LogP contribution in [0.25, 0.3) is 0 Å². The molecule has 1 spiro atoms. The average Bonchev–Trinajstić information content (AvgIpc) is 2.84. The lowest BCUT2D eigenvalue weighted by molar-refractivity contribution is 0.0775. The first-order valence-corrected chi connectivity index (χ1v) is 9.00. The molecule has 1 saturated heterocycles. The van der Waals surface area contributed by atoms with Crippen molar-refractivity contribution < 1.29 is 0 Å². The van der Waals surface area contributed by atoms with Gasteiger partial charge in [-0.05, 0) is 38.5 Å². The summed E-state index contributed by atoms with van der Waals surface area (Å²) >= 11 is 2.00. The van der Waals surface area contributed by atoms with E-state index >= 15 is 0 Å². The molecule has 2 aliphatic rings. The number of nitrogens with one attached hydrogen (secondary N) is 1. The molecule has 18 heavy (non-hydrogen) atoms. The van der Waals surface area contributed by atoms with Crippen LogP contribution in [0.15, 0.2) is 0 Å². The molecular formula is C15H30N2S. The van der Waals surface area contributed by atoms with E-state index in [1.54, 1.807) is 0 Å². The van der Waals surface area contributed by atoms with Gasteiger partial charge in [-0.1, -0.05) is 26.7 Å². The minimum atomic E-state index is 0.480. The monoisotopic (exact) mass is 270 g/mol. The van der Waals surface area contributed by atoms with E-state index in [0.717, 1.165) is 11.3 Å². The Balaban J connectivity index is 1.90. The molecule has 2 fully saturated rings. The smallest absolute Gasteiger partial charge is 0.0309 e. The third-order valence-electron chi connectivity index (χ3n) is 4.99. The molecule has 2 nitrogen and oxygen atoms in total. The van der Waals surface area contributed by atoms with Crippen molar-refractivity contribution in [2.75, 3.05) is 25.9 Å². The lowest BCUT2D eigenvalue weighted by atomic mass is 9.91. The maximum Gasteiger partial charge on any atom is 0.0309 e. The fourth-order valence-electron chi connectivity index (χ4n) is 3.55. The molecule has 2 rings (SSSR count). The molecule has 0 amide bonds. The van der Waals surface area contributed by atoms with E-state index in [-0.39, 0.29) is 0 Å². The van der Waals surface area contributed by atoms with Gasteiger partial charge >= 0.3 is 0 Å². The number of nitrogens with zero attached hydrogens (tertiary/aromatic N) is 1. The van der Waals surface area contributed by atoms with E-state index in [2.05, 4.69) is 30.3 Å². The molecule has 1 N–H and O–H groups in total. The first kappa shape index (κ1) is 14.7. The van der Waals surface area contributed by atoms with Crippen LogP contribution in [-0.4, -0.2) is 47.6 Å². The highest BCUT2D eigenvalue weighted by atomic mass is 32.2. The van der Waals surface area contributed by atoms with Crippen molar-refractivity contribution in [3.8, 4) is 0 Å². The van der Waals surface area contributed by atoms with Gasteiger partial charge in [-0.15, -0.1) is 0 Å². The van der Waals surface area contributed by atoms with Gasteiger partial charge in [0.05, 0.1) is 0 Å². The van der Waals surface area contributed by atoms with Crippen molar-refractivity contribution in [1.82, 2.24) is 10.2 Å². The van der Waals surface area contributed by atoms with Gasteiger partial charge in [0.1, 0.15) is 0 Å². The Labute approximate surface area is 117 Å². The Morgan fingerprint density at radius 2 is 2.11 bits per heavy atom. The molecule has 3 heteroatoms. The minimum Gasteiger partial charge on any atom is -0.308 e. The molecular weight excluding hydrogens is 240 g/mol. The van der Waals surface area contributed by atoms with E-state index in [1.807, 2.05) is 11.8 Å². The van der Waals surface area contributed by atoms with E-state index < -0.39 is 0 Å². The molecule has 1 heterocycles. The Hall–Kier alpha value is 0.270. The van der Waals surface area contributed by atoms with Crippen molar-refractivity contribution >= 4 is 11.8 Å². The molecule has 1 saturated carbocycles. The van der Waals surface area contributed by atoms with Crippen LogP contribution in [0.3, 0.4) is 0 Å². The third-order valence-corrected chi connectivity index (χ3v) is 6.03. The highest BCUT2D eigenvalue weighted by Gasteiger charge is 2.40. The summed E-state index contributed by atoms with van der Waals surface area (Å²) in [6.07, 6.45) is 10.5. The van der Waals surface area contributed by atoms with Crippen LogP contribution in [0.5, 0.6) is 0 Å². The van der Waals surface area contributed by atoms with Gasteiger partial charge in [0, 0.05) is 29.9 Å². The molecule has 2 atom stereocenters. The molecule has 106 valence electrons. The second kappa shape index (κ2) is 6.62. The second-order valence-corrected chi connectivity index (χ2v) is 7.51. The summed E-state index contributed by atoms with van der Waals surface area (Å²) < 4.78 is 0. The molecule has 1 aliphatic carbocycles. The predicted octanol–water partition coefficient (Wildman–Crippen LogP) is 3.12. The van der Waals surface area contributed by atoms with Crippen LogP contribution in [-0.2, 0) is 0 Å². The van der Waals surface area contributed by atoms with E-state index in [4.69, 9.17) is 0 Å². The molecule has 0 aromatic rings. The molecule has 1 aliphatic heterocycles. The molecule has 0 aromatic carbocycles. The number of hydrogen-bond acceptors (Lipinski definition) is 3. The Kier molecular flexibility index (Phi) is 5.40. The summed E-state index contributed by atoms with van der Waals surface area (Å²) in [4.78, 5) is 2.79. The third kappa shape index (κ3) is 3.43. The quantitative estimate of drug-likeness (QED) is 0.826. The van der Waals surface area contributed by atoms with Gasteiger partial charge in [-0.2, -0.15) is 11.8 Å². The highest BCUT2D eigenvalue weighted by Crippen LogP contribution is 2.33. The minimum absolute atomic E-state index is 0.480. The first-order chi connectivity index (χ1) is 8.69. The summed E-state index contributed by atoms with van der Waals surface area (Å²) in [5, 5.41) is 4.68. The van der Waals surface area contributed by atoms with Crippen LogP contribution in [0.1, 0.15) is 52.4 Å². The van der Waals surface area contributed by atoms with Gasteiger partial charge in [-0.25, -0.2) is 0 Å². The van der Waals surface area contributed by atoms with Gasteiger partial charge in [0.25, 0.3) is 0 Å². The molecule has 0 aromatic heterocycles. The molecule has 0 bridgehead atoms. The Morgan fingerprint density at radius 1 is 1.39 bits per heavy atom. The zero-order valence-electron chi connectivity index (χ0n) is 12.4. The number of piperazine rings is 1. The topological polar surface area (TPSA) is 15.3 Å². The normalized spacial score (nSPS) is 29.8. The Morgan fingerprint density at radius 3 is 2.72 bits per heavy atom. The lowest BCUT2D eigenvalue weighted by Gasteiger charge is -2.46. The average molecular weight is 270 g/mol. The second-order valence-electron chi connectivity index (χ2n) is 6.24. The van der Waals surface area contributed by atoms with Crippen LogP contribution < -0.4 is 5.32 Å². The Bertz CT molecular complexity index is 251. The zero-order valence-corrected chi connectivity index (χ0v) is 13.2. The van der Waals surface area contributed by atoms with Gasteiger partial charge in [-0.3, -0.25) is 4.90 Å². The van der Waals surface area contributed by atoms with Crippen LogP contribution in [0.4, 0.5) is 0 Å². The fraction of sp³-hybridized carbons (Fsp3) is 1.00.